The van der Waals surface area contributed by atoms with Gasteiger partial charge in [-0.05, 0) is 61.2 Å². The van der Waals surface area contributed by atoms with E-state index >= 15 is 0 Å². The highest BCUT2D eigenvalue weighted by molar-refractivity contribution is 5.80. The number of halogens is 1. The molecule has 0 spiro atoms. The van der Waals surface area contributed by atoms with Gasteiger partial charge in [-0.25, -0.2) is 9.18 Å². The van der Waals surface area contributed by atoms with E-state index in [9.17, 15) is 14.3 Å². The summed E-state index contributed by atoms with van der Waals surface area (Å²) in [6.07, 6.45) is 0. The Morgan fingerprint density at radius 3 is 2.29 bits per heavy atom. The summed E-state index contributed by atoms with van der Waals surface area (Å²) in [5.41, 5.74) is 3.70. The lowest BCUT2D eigenvalue weighted by Gasteiger charge is -2.20. The molecular weight excluding hydrogens is 269 g/mol. The van der Waals surface area contributed by atoms with Crippen LogP contribution in [0.15, 0.2) is 36.4 Å². The van der Waals surface area contributed by atoms with E-state index in [-0.39, 0.29) is 5.82 Å². The van der Waals surface area contributed by atoms with Gasteiger partial charge in [-0.2, -0.15) is 0 Å². The zero-order valence-electron chi connectivity index (χ0n) is 12.3. The van der Waals surface area contributed by atoms with Crippen LogP contribution in [0.2, 0.25) is 0 Å². The molecule has 110 valence electrons. The van der Waals surface area contributed by atoms with Crippen LogP contribution in [0.5, 0.6) is 0 Å². The number of nitrogens with one attached hydrogen (secondary N) is 1. The van der Waals surface area contributed by atoms with Crippen molar-refractivity contribution in [1.29, 1.82) is 0 Å². The normalized spacial score (nSPS) is 12.0. The molecule has 0 amide bonds. The number of anilines is 1. The Kier molecular flexibility index (Phi) is 4.26. The molecule has 1 unspecified atom stereocenters. The lowest BCUT2D eigenvalue weighted by Crippen LogP contribution is -2.22. The monoisotopic (exact) mass is 287 g/mol. The minimum atomic E-state index is -0.991. The van der Waals surface area contributed by atoms with Crippen LogP contribution in [0.25, 0.3) is 0 Å². The van der Waals surface area contributed by atoms with E-state index in [4.69, 9.17) is 0 Å². The molecule has 2 aromatic rings. The Balaban J connectivity index is 2.43. The van der Waals surface area contributed by atoms with E-state index in [0.29, 0.717) is 11.3 Å². The van der Waals surface area contributed by atoms with Gasteiger partial charge in [0.25, 0.3) is 0 Å². The second kappa shape index (κ2) is 5.95. The highest BCUT2D eigenvalue weighted by atomic mass is 19.1. The van der Waals surface area contributed by atoms with Crippen LogP contribution in [0.1, 0.15) is 28.3 Å². The number of carbonyl (C=O) groups is 1. The molecule has 0 saturated carbocycles. The van der Waals surface area contributed by atoms with Crippen molar-refractivity contribution in [2.24, 2.45) is 0 Å². The molecule has 3 nitrogen and oxygen atoms in total. The van der Waals surface area contributed by atoms with Gasteiger partial charge in [0.15, 0.2) is 6.04 Å². The van der Waals surface area contributed by atoms with Crippen LogP contribution in [-0.4, -0.2) is 11.1 Å². The first-order chi connectivity index (χ1) is 9.88. The summed E-state index contributed by atoms with van der Waals surface area (Å²) in [6.45, 7) is 5.51. The number of aliphatic carboxylic acids is 1. The molecular formula is C17H18FNO2. The lowest BCUT2D eigenvalue weighted by atomic mass is 9.96. The van der Waals surface area contributed by atoms with Crippen molar-refractivity contribution < 1.29 is 14.3 Å². The molecule has 0 bridgehead atoms. The third-order valence-corrected chi connectivity index (χ3v) is 3.43. The summed E-state index contributed by atoms with van der Waals surface area (Å²) >= 11 is 0. The summed E-state index contributed by atoms with van der Waals surface area (Å²) in [4.78, 5) is 11.6. The largest absolute Gasteiger partial charge is 0.479 e. The molecule has 2 rings (SSSR count). The molecule has 1 atom stereocenters. The molecule has 0 radical (unpaired) electrons. The van der Waals surface area contributed by atoms with Crippen molar-refractivity contribution in [2.45, 2.75) is 26.8 Å². The van der Waals surface area contributed by atoms with Crippen LogP contribution in [0.3, 0.4) is 0 Å². The van der Waals surface area contributed by atoms with Gasteiger partial charge in [-0.1, -0.05) is 18.2 Å². The van der Waals surface area contributed by atoms with Gasteiger partial charge < -0.3 is 10.4 Å². The van der Waals surface area contributed by atoms with Crippen molar-refractivity contribution >= 4 is 11.7 Å². The topological polar surface area (TPSA) is 49.3 Å². The zero-order valence-corrected chi connectivity index (χ0v) is 12.3. The molecule has 0 saturated heterocycles. The Bertz CT molecular complexity index is 642. The number of carboxylic acid groups (broad SMARTS) is 1. The first-order valence-corrected chi connectivity index (χ1v) is 6.71. The Hall–Kier alpha value is -2.36. The second-order valence-electron chi connectivity index (χ2n) is 5.24. The highest BCUT2D eigenvalue weighted by Crippen LogP contribution is 2.26. The van der Waals surface area contributed by atoms with Crippen LogP contribution in [0, 0.1) is 26.6 Å². The molecule has 0 aliphatic heterocycles. The van der Waals surface area contributed by atoms with E-state index < -0.39 is 12.0 Å². The van der Waals surface area contributed by atoms with Crippen molar-refractivity contribution in [2.75, 3.05) is 5.32 Å². The van der Waals surface area contributed by atoms with Crippen LogP contribution < -0.4 is 5.32 Å². The summed E-state index contributed by atoms with van der Waals surface area (Å²) in [5.74, 6) is -1.38. The zero-order chi connectivity index (χ0) is 15.6. The molecule has 4 heteroatoms. The summed E-state index contributed by atoms with van der Waals surface area (Å²) < 4.78 is 13.5. The van der Waals surface area contributed by atoms with Gasteiger partial charge in [0.2, 0.25) is 0 Å². The maximum Gasteiger partial charge on any atom is 0.330 e. The van der Waals surface area contributed by atoms with Crippen molar-refractivity contribution in [3.63, 3.8) is 0 Å². The van der Waals surface area contributed by atoms with E-state index in [1.54, 1.807) is 13.0 Å². The van der Waals surface area contributed by atoms with Crippen molar-refractivity contribution in [3.8, 4) is 0 Å². The van der Waals surface area contributed by atoms with Gasteiger partial charge in [0, 0.05) is 5.69 Å². The predicted octanol–water partition coefficient (Wildman–Crippen LogP) is 3.99. The highest BCUT2D eigenvalue weighted by Gasteiger charge is 2.23. The Morgan fingerprint density at radius 1 is 1.14 bits per heavy atom. The number of hydrogen-bond acceptors (Lipinski definition) is 2. The minimum Gasteiger partial charge on any atom is -0.479 e. The van der Waals surface area contributed by atoms with Crippen LogP contribution in [-0.2, 0) is 4.79 Å². The molecule has 0 aliphatic carbocycles. The van der Waals surface area contributed by atoms with E-state index in [0.717, 1.165) is 16.7 Å². The average molecular weight is 287 g/mol. The molecule has 0 heterocycles. The Labute approximate surface area is 123 Å². The number of rotatable bonds is 4. The van der Waals surface area contributed by atoms with E-state index in [1.807, 2.05) is 32.0 Å². The van der Waals surface area contributed by atoms with E-state index in [2.05, 4.69) is 5.32 Å². The quantitative estimate of drug-likeness (QED) is 0.894. The summed E-state index contributed by atoms with van der Waals surface area (Å²) in [7, 11) is 0. The van der Waals surface area contributed by atoms with Crippen LogP contribution >= 0.6 is 0 Å². The van der Waals surface area contributed by atoms with Gasteiger partial charge in [0.05, 0.1) is 0 Å². The van der Waals surface area contributed by atoms with Gasteiger partial charge in [0.1, 0.15) is 5.82 Å². The van der Waals surface area contributed by atoms with E-state index in [1.165, 1.54) is 12.1 Å². The van der Waals surface area contributed by atoms with Crippen molar-refractivity contribution in [1.82, 2.24) is 0 Å². The predicted molar refractivity (Wildman–Crippen MR) is 81.1 cm³/mol. The molecule has 2 N–H and O–H groups in total. The smallest absolute Gasteiger partial charge is 0.330 e. The molecule has 0 aliphatic rings. The second-order valence-corrected chi connectivity index (χ2v) is 5.24. The fraction of sp³-hybridized carbons (Fsp3) is 0.235. The molecule has 0 fully saturated rings. The Morgan fingerprint density at radius 2 is 1.76 bits per heavy atom. The standard InChI is InChI=1S/C17H18FNO2/c1-10-7-13(18)9-14(8-10)19-16(17(20)21)15-11(2)5-4-6-12(15)3/h4-9,16,19H,1-3H3,(H,20,21). The number of aryl methyl sites for hydroxylation is 3. The SMILES string of the molecule is Cc1cc(F)cc(NC(C(=O)O)c2c(C)cccc2C)c1. The first-order valence-electron chi connectivity index (χ1n) is 6.71. The maximum absolute atomic E-state index is 13.5. The maximum atomic E-state index is 13.5. The average Bonchev–Trinajstić information content (AvgIpc) is 2.35. The number of carboxylic acids is 1. The third-order valence-electron chi connectivity index (χ3n) is 3.43. The third kappa shape index (κ3) is 3.40. The summed E-state index contributed by atoms with van der Waals surface area (Å²) in [6, 6.07) is 9.16. The summed E-state index contributed by atoms with van der Waals surface area (Å²) in [5, 5.41) is 12.4. The van der Waals surface area contributed by atoms with Gasteiger partial charge in [-0.15, -0.1) is 0 Å². The molecule has 2 aromatic carbocycles. The first kappa shape index (κ1) is 15.0. The number of hydrogen-bond donors (Lipinski definition) is 2. The molecule has 0 aromatic heterocycles. The minimum absolute atomic E-state index is 0.386. The molecule has 21 heavy (non-hydrogen) atoms. The van der Waals surface area contributed by atoms with Gasteiger partial charge >= 0.3 is 5.97 Å². The van der Waals surface area contributed by atoms with Crippen LogP contribution in [0.4, 0.5) is 10.1 Å². The lowest BCUT2D eigenvalue weighted by molar-refractivity contribution is -0.138. The fourth-order valence-corrected chi connectivity index (χ4v) is 2.53. The number of benzene rings is 2. The van der Waals surface area contributed by atoms with Gasteiger partial charge in [-0.3, -0.25) is 0 Å². The fourth-order valence-electron chi connectivity index (χ4n) is 2.53. The van der Waals surface area contributed by atoms with Crippen molar-refractivity contribution in [3.05, 3.63) is 64.5 Å².